The Bertz CT molecular complexity index is 1330. The lowest BCUT2D eigenvalue weighted by atomic mass is 10.1. The SMILES string of the molecule is CC1(Oc2ccc3[nH]nc(-c4cc(N5CCn6nc(C7CC7)nc6C5)ncn4)c3c2)CC1. The molecule has 0 amide bonds. The summed E-state index contributed by atoms with van der Waals surface area (Å²) in [5.74, 6) is 4.34. The van der Waals surface area contributed by atoms with Crippen LogP contribution in [0.2, 0.25) is 0 Å². The van der Waals surface area contributed by atoms with Crippen LogP contribution in [0.4, 0.5) is 5.82 Å². The molecule has 0 radical (unpaired) electrons. The number of nitrogens with one attached hydrogen (secondary N) is 1. The quantitative estimate of drug-likeness (QED) is 0.520. The number of hydrogen-bond acceptors (Lipinski definition) is 7. The molecule has 0 atom stereocenters. The molecule has 1 N–H and O–H groups in total. The van der Waals surface area contributed by atoms with Crippen molar-refractivity contribution in [2.24, 2.45) is 0 Å². The van der Waals surface area contributed by atoms with Gasteiger partial charge >= 0.3 is 0 Å². The number of aromatic amines is 1. The fourth-order valence-corrected chi connectivity index (χ4v) is 4.33. The zero-order valence-corrected chi connectivity index (χ0v) is 18.0. The number of fused-ring (bicyclic) bond motifs is 2. The van der Waals surface area contributed by atoms with Crippen LogP contribution in [0.3, 0.4) is 0 Å². The fourth-order valence-electron chi connectivity index (χ4n) is 4.33. The Morgan fingerprint density at radius 3 is 2.88 bits per heavy atom. The second-order valence-electron chi connectivity index (χ2n) is 9.40. The van der Waals surface area contributed by atoms with Crippen LogP contribution in [0.5, 0.6) is 5.75 Å². The third-order valence-corrected chi connectivity index (χ3v) is 6.69. The van der Waals surface area contributed by atoms with E-state index in [1.165, 1.54) is 12.8 Å². The van der Waals surface area contributed by atoms with E-state index in [1.807, 2.05) is 18.2 Å². The van der Waals surface area contributed by atoms with Crippen molar-refractivity contribution in [3.05, 3.63) is 42.2 Å². The second-order valence-corrected chi connectivity index (χ2v) is 9.40. The van der Waals surface area contributed by atoms with Crippen LogP contribution in [0.15, 0.2) is 30.6 Å². The molecule has 3 aliphatic rings. The molecule has 7 rings (SSSR count). The highest BCUT2D eigenvalue weighted by molar-refractivity contribution is 5.93. The first-order valence-electron chi connectivity index (χ1n) is 11.3. The molecule has 2 saturated carbocycles. The van der Waals surface area contributed by atoms with Crippen LogP contribution < -0.4 is 9.64 Å². The molecule has 9 heteroatoms. The molecule has 2 aliphatic carbocycles. The summed E-state index contributed by atoms with van der Waals surface area (Å²) in [6, 6.07) is 8.09. The first-order valence-corrected chi connectivity index (χ1v) is 11.3. The van der Waals surface area contributed by atoms with E-state index in [2.05, 4.69) is 42.7 Å². The molecular formula is C23H24N8O. The van der Waals surface area contributed by atoms with Crippen molar-refractivity contribution in [1.82, 2.24) is 34.9 Å². The van der Waals surface area contributed by atoms with Crippen molar-refractivity contribution in [1.29, 1.82) is 0 Å². The van der Waals surface area contributed by atoms with Gasteiger partial charge in [-0.05, 0) is 50.8 Å². The Morgan fingerprint density at radius 2 is 2.03 bits per heavy atom. The first-order chi connectivity index (χ1) is 15.6. The molecule has 0 bridgehead atoms. The molecule has 32 heavy (non-hydrogen) atoms. The number of anilines is 1. The number of benzene rings is 1. The van der Waals surface area contributed by atoms with Gasteiger partial charge in [0.1, 0.15) is 35.0 Å². The average Bonchev–Trinajstić information content (AvgIpc) is 3.70. The molecule has 0 saturated heterocycles. The number of nitrogens with zero attached hydrogens (tertiary/aromatic N) is 7. The van der Waals surface area contributed by atoms with Gasteiger partial charge in [0.25, 0.3) is 0 Å². The molecule has 3 aromatic heterocycles. The summed E-state index contributed by atoms with van der Waals surface area (Å²) < 4.78 is 8.21. The van der Waals surface area contributed by atoms with E-state index < -0.39 is 0 Å². The van der Waals surface area contributed by atoms with Gasteiger partial charge in [0.05, 0.1) is 24.3 Å². The molecule has 0 spiro atoms. The van der Waals surface area contributed by atoms with Gasteiger partial charge in [-0.3, -0.25) is 5.10 Å². The fraction of sp³-hybridized carbons (Fsp3) is 0.435. The highest BCUT2D eigenvalue weighted by Gasteiger charge is 2.40. The summed E-state index contributed by atoms with van der Waals surface area (Å²) in [6.07, 6.45) is 6.25. The topological polar surface area (TPSA) is 97.6 Å². The lowest BCUT2D eigenvalue weighted by Gasteiger charge is -2.27. The Kier molecular flexibility index (Phi) is 3.68. The third-order valence-electron chi connectivity index (χ3n) is 6.69. The lowest BCUT2D eigenvalue weighted by molar-refractivity contribution is 0.200. The van der Waals surface area contributed by atoms with Crippen LogP contribution in [-0.4, -0.2) is 47.1 Å². The number of ether oxygens (including phenoxy) is 1. The minimum Gasteiger partial charge on any atom is -0.488 e. The maximum atomic E-state index is 6.16. The van der Waals surface area contributed by atoms with Crippen LogP contribution in [-0.2, 0) is 13.1 Å². The van der Waals surface area contributed by atoms with E-state index in [0.717, 1.165) is 71.4 Å². The lowest BCUT2D eigenvalue weighted by Crippen LogP contribution is -2.34. The van der Waals surface area contributed by atoms with E-state index >= 15 is 0 Å². The van der Waals surface area contributed by atoms with Crippen molar-refractivity contribution in [3.63, 3.8) is 0 Å². The predicted octanol–water partition coefficient (Wildman–Crippen LogP) is 3.44. The normalized spacial score (nSPS) is 19.2. The minimum absolute atomic E-state index is 0.0200. The molecule has 1 aromatic carbocycles. The molecule has 1 aliphatic heterocycles. The van der Waals surface area contributed by atoms with Gasteiger partial charge in [-0.25, -0.2) is 19.6 Å². The summed E-state index contributed by atoms with van der Waals surface area (Å²) >= 11 is 0. The average molecular weight is 429 g/mol. The monoisotopic (exact) mass is 428 g/mol. The summed E-state index contributed by atoms with van der Waals surface area (Å²) in [4.78, 5) is 16.1. The number of H-pyrrole nitrogens is 1. The van der Waals surface area contributed by atoms with Gasteiger partial charge in [0, 0.05) is 23.9 Å². The molecule has 2 fully saturated rings. The number of aromatic nitrogens is 7. The highest BCUT2D eigenvalue weighted by atomic mass is 16.5. The highest BCUT2D eigenvalue weighted by Crippen LogP contribution is 2.41. The van der Waals surface area contributed by atoms with Crippen LogP contribution in [0.25, 0.3) is 22.3 Å². The van der Waals surface area contributed by atoms with Gasteiger partial charge in [-0.1, -0.05) is 0 Å². The molecule has 0 unspecified atom stereocenters. The maximum Gasteiger partial charge on any atom is 0.154 e. The van der Waals surface area contributed by atoms with Crippen LogP contribution >= 0.6 is 0 Å². The maximum absolute atomic E-state index is 6.16. The van der Waals surface area contributed by atoms with Crippen molar-refractivity contribution in [2.45, 2.75) is 57.2 Å². The minimum atomic E-state index is -0.0200. The standard InChI is InChI=1S/C23H24N8O/c1-23(6-7-23)32-15-4-5-17-16(10-15)21(28-27-17)18-11-19(25-13-24-18)30-8-9-31-20(12-30)26-22(29-31)14-2-3-14/h4-5,10-11,13-14H,2-3,6-9,12H2,1H3,(H,27,28). The van der Waals surface area contributed by atoms with Crippen LogP contribution in [0.1, 0.15) is 50.2 Å². The summed E-state index contributed by atoms with van der Waals surface area (Å²) in [5.41, 5.74) is 2.55. The smallest absolute Gasteiger partial charge is 0.154 e. The van der Waals surface area contributed by atoms with E-state index in [9.17, 15) is 0 Å². The third kappa shape index (κ3) is 3.11. The molecule has 162 valence electrons. The van der Waals surface area contributed by atoms with Crippen molar-refractivity contribution in [3.8, 4) is 17.1 Å². The summed E-state index contributed by atoms with van der Waals surface area (Å²) in [5, 5.41) is 13.4. The molecule has 9 nitrogen and oxygen atoms in total. The van der Waals surface area contributed by atoms with Gasteiger partial charge in [-0.2, -0.15) is 10.2 Å². The van der Waals surface area contributed by atoms with Crippen LogP contribution in [0, 0.1) is 0 Å². The predicted molar refractivity (Wildman–Crippen MR) is 118 cm³/mol. The Balaban J connectivity index is 1.19. The first kappa shape index (κ1) is 18.1. The van der Waals surface area contributed by atoms with Gasteiger partial charge in [-0.15, -0.1) is 0 Å². The van der Waals surface area contributed by atoms with Gasteiger partial charge in [0.2, 0.25) is 0 Å². The van der Waals surface area contributed by atoms with Gasteiger partial charge in [0.15, 0.2) is 5.82 Å². The van der Waals surface area contributed by atoms with E-state index in [-0.39, 0.29) is 5.60 Å². The second kappa shape index (κ2) is 6.51. The molecule has 4 heterocycles. The van der Waals surface area contributed by atoms with Crippen molar-refractivity contribution >= 4 is 16.7 Å². The number of hydrogen-bond donors (Lipinski definition) is 1. The van der Waals surface area contributed by atoms with E-state index in [1.54, 1.807) is 6.33 Å². The Morgan fingerprint density at radius 1 is 1.12 bits per heavy atom. The van der Waals surface area contributed by atoms with E-state index in [4.69, 9.17) is 14.8 Å². The zero-order chi connectivity index (χ0) is 21.3. The number of rotatable bonds is 5. The molecule has 4 aromatic rings. The van der Waals surface area contributed by atoms with Crippen molar-refractivity contribution in [2.75, 3.05) is 11.4 Å². The summed E-state index contributed by atoms with van der Waals surface area (Å²) in [7, 11) is 0. The Labute approximate surface area is 184 Å². The van der Waals surface area contributed by atoms with E-state index in [0.29, 0.717) is 12.5 Å². The van der Waals surface area contributed by atoms with Gasteiger partial charge < -0.3 is 9.64 Å². The summed E-state index contributed by atoms with van der Waals surface area (Å²) in [6.45, 7) is 4.51. The largest absolute Gasteiger partial charge is 0.488 e. The van der Waals surface area contributed by atoms with Crippen molar-refractivity contribution < 1.29 is 4.74 Å². The zero-order valence-electron chi connectivity index (χ0n) is 18.0. The molecular weight excluding hydrogens is 404 g/mol. The Hall–Kier alpha value is -3.49.